The Morgan fingerprint density at radius 3 is 2.56 bits per heavy atom. The lowest BCUT2D eigenvalue weighted by Crippen LogP contribution is -2.45. The molecule has 0 saturated heterocycles. The van der Waals surface area contributed by atoms with E-state index in [1.54, 1.807) is 0 Å². The van der Waals surface area contributed by atoms with Gasteiger partial charge in [0, 0.05) is 12.6 Å². The molecule has 0 aromatic heterocycles. The summed E-state index contributed by atoms with van der Waals surface area (Å²) in [5.74, 6) is 2.38. The third-order valence-corrected chi connectivity index (χ3v) is 4.11. The van der Waals surface area contributed by atoms with Crippen LogP contribution in [0.25, 0.3) is 0 Å². The maximum Gasteiger partial charge on any atom is 0.0662 e. The lowest BCUT2D eigenvalue weighted by atomic mass is 9.74. The molecule has 2 heteroatoms. The summed E-state index contributed by atoms with van der Waals surface area (Å²) in [6.45, 7) is 9.80. The summed E-state index contributed by atoms with van der Waals surface area (Å²) in [6, 6.07) is 0.616. The van der Waals surface area contributed by atoms with E-state index in [1.807, 2.05) is 6.92 Å². The second kappa shape index (κ2) is 6.61. The Hall–Kier alpha value is -0.0800. The molecule has 1 aliphatic carbocycles. The van der Waals surface area contributed by atoms with Gasteiger partial charge in [-0.25, -0.2) is 0 Å². The molecule has 2 nitrogen and oxygen atoms in total. The zero-order valence-corrected chi connectivity index (χ0v) is 11.4. The zero-order chi connectivity index (χ0) is 12.1. The number of hydrogen-bond acceptors (Lipinski definition) is 2. The minimum Gasteiger partial charge on any atom is -0.392 e. The van der Waals surface area contributed by atoms with Crippen molar-refractivity contribution in [1.82, 2.24) is 5.32 Å². The molecule has 1 fully saturated rings. The van der Waals surface area contributed by atoms with Crippen LogP contribution in [0.15, 0.2) is 0 Å². The second-order valence-corrected chi connectivity index (χ2v) is 5.90. The van der Waals surface area contributed by atoms with Gasteiger partial charge in [0.05, 0.1) is 6.10 Å². The number of rotatable bonds is 5. The fourth-order valence-electron chi connectivity index (χ4n) is 2.87. The van der Waals surface area contributed by atoms with Gasteiger partial charge in [0.1, 0.15) is 0 Å². The van der Waals surface area contributed by atoms with Crippen molar-refractivity contribution in [2.45, 2.75) is 65.5 Å². The van der Waals surface area contributed by atoms with E-state index in [-0.39, 0.29) is 6.10 Å². The van der Waals surface area contributed by atoms with Gasteiger partial charge >= 0.3 is 0 Å². The largest absolute Gasteiger partial charge is 0.392 e. The first-order valence-corrected chi connectivity index (χ1v) is 6.96. The Labute approximate surface area is 101 Å². The molecule has 0 amide bonds. The van der Waals surface area contributed by atoms with E-state index >= 15 is 0 Å². The van der Waals surface area contributed by atoms with Crippen molar-refractivity contribution in [3.05, 3.63) is 0 Å². The first-order valence-electron chi connectivity index (χ1n) is 6.96. The highest BCUT2D eigenvalue weighted by Crippen LogP contribution is 2.33. The molecule has 0 aliphatic heterocycles. The Morgan fingerprint density at radius 2 is 2.00 bits per heavy atom. The average Bonchev–Trinajstić information content (AvgIpc) is 2.25. The molecule has 0 radical (unpaired) electrons. The summed E-state index contributed by atoms with van der Waals surface area (Å²) in [5.41, 5.74) is 0. The number of aliphatic hydroxyl groups is 1. The maximum absolute atomic E-state index is 9.62. The van der Waals surface area contributed by atoms with Crippen LogP contribution in [0.2, 0.25) is 0 Å². The van der Waals surface area contributed by atoms with E-state index in [0.717, 1.165) is 30.7 Å². The molecule has 1 aliphatic rings. The first kappa shape index (κ1) is 14.0. The highest BCUT2D eigenvalue weighted by Gasteiger charge is 2.30. The molecule has 0 bridgehead atoms. The van der Waals surface area contributed by atoms with Crippen LogP contribution in [0.4, 0.5) is 0 Å². The molecule has 1 rings (SSSR count). The van der Waals surface area contributed by atoms with Gasteiger partial charge in [0.2, 0.25) is 0 Å². The summed E-state index contributed by atoms with van der Waals surface area (Å²) in [7, 11) is 0. The van der Waals surface area contributed by atoms with E-state index in [4.69, 9.17) is 0 Å². The molecule has 4 atom stereocenters. The fraction of sp³-hybridized carbons (Fsp3) is 1.00. The molecule has 16 heavy (non-hydrogen) atoms. The Balaban J connectivity index is 2.44. The van der Waals surface area contributed by atoms with E-state index in [0.29, 0.717) is 6.04 Å². The van der Waals surface area contributed by atoms with Crippen molar-refractivity contribution in [3.8, 4) is 0 Å². The van der Waals surface area contributed by atoms with Gasteiger partial charge in [-0.1, -0.05) is 34.1 Å². The SMILES string of the molecule is CCC(O)CNC1CC(C)CCC1C(C)C. The average molecular weight is 227 g/mol. The van der Waals surface area contributed by atoms with Crippen LogP contribution in [0, 0.1) is 17.8 Å². The lowest BCUT2D eigenvalue weighted by Gasteiger charge is -2.38. The van der Waals surface area contributed by atoms with Crippen LogP contribution in [0.5, 0.6) is 0 Å². The Morgan fingerprint density at radius 1 is 1.31 bits per heavy atom. The van der Waals surface area contributed by atoms with E-state index in [2.05, 4.69) is 26.1 Å². The maximum atomic E-state index is 9.62. The fourth-order valence-corrected chi connectivity index (χ4v) is 2.87. The van der Waals surface area contributed by atoms with Gasteiger partial charge in [0.25, 0.3) is 0 Å². The third kappa shape index (κ3) is 4.06. The molecule has 1 saturated carbocycles. The molecule has 0 aromatic carbocycles. The Bertz CT molecular complexity index is 193. The van der Waals surface area contributed by atoms with Gasteiger partial charge < -0.3 is 10.4 Å². The summed E-state index contributed by atoms with van der Waals surface area (Å²) in [4.78, 5) is 0. The predicted molar refractivity (Wildman–Crippen MR) is 69.4 cm³/mol. The molecule has 96 valence electrons. The number of hydrogen-bond donors (Lipinski definition) is 2. The van der Waals surface area contributed by atoms with Crippen LogP contribution in [0.3, 0.4) is 0 Å². The monoisotopic (exact) mass is 227 g/mol. The highest BCUT2D eigenvalue weighted by atomic mass is 16.3. The first-order chi connectivity index (χ1) is 7.54. The minimum absolute atomic E-state index is 0.176. The number of aliphatic hydroxyl groups excluding tert-OH is 1. The topological polar surface area (TPSA) is 32.3 Å². The minimum atomic E-state index is -0.176. The summed E-state index contributed by atoms with van der Waals surface area (Å²) in [5, 5.41) is 13.2. The van der Waals surface area contributed by atoms with E-state index < -0.39 is 0 Å². The van der Waals surface area contributed by atoms with E-state index in [9.17, 15) is 5.11 Å². The molecule has 2 N–H and O–H groups in total. The van der Waals surface area contributed by atoms with Crippen LogP contribution in [-0.2, 0) is 0 Å². The van der Waals surface area contributed by atoms with Crippen LogP contribution in [0.1, 0.15) is 53.4 Å². The molecule has 0 spiro atoms. The Kier molecular flexibility index (Phi) is 5.77. The van der Waals surface area contributed by atoms with Crippen molar-refractivity contribution in [2.75, 3.05) is 6.54 Å². The van der Waals surface area contributed by atoms with Crippen molar-refractivity contribution < 1.29 is 5.11 Å². The van der Waals surface area contributed by atoms with Crippen LogP contribution >= 0.6 is 0 Å². The molecular weight excluding hydrogens is 198 g/mol. The van der Waals surface area contributed by atoms with Gasteiger partial charge in [-0.15, -0.1) is 0 Å². The zero-order valence-electron chi connectivity index (χ0n) is 11.4. The van der Waals surface area contributed by atoms with Gasteiger partial charge in [0.15, 0.2) is 0 Å². The summed E-state index contributed by atoms with van der Waals surface area (Å²) >= 11 is 0. The normalized spacial score (nSPS) is 33.0. The summed E-state index contributed by atoms with van der Waals surface area (Å²) < 4.78 is 0. The highest BCUT2D eigenvalue weighted by molar-refractivity contribution is 4.85. The molecular formula is C14H29NO. The number of nitrogens with one attached hydrogen (secondary N) is 1. The van der Waals surface area contributed by atoms with Crippen molar-refractivity contribution in [2.24, 2.45) is 17.8 Å². The molecule has 0 aromatic rings. The standard InChI is InChI=1S/C14H29NO/c1-5-12(16)9-15-14-8-11(4)6-7-13(14)10(2)3/h10-16H,5-9H2,1-4H3. The second-order valence-electron chi connectivity index (χ2n) is 5.90. The van der Waals surface area contributed by atoms with Crippen molar-refractivity contribution >= 4 is 0 Å². The quantitative estimate of drug-likeness (QED) is 0.757. The van der Waals surface area contributed by atoms with Gasteiger partial charge in [-0.3, -0.25) is 0 Å². The van der Waals surface area contributed by atoms with Crippen molar-refractivity contribution in [1.29, 1.82) is 0 Å². The predicted octanol–water partition coefficient (Wildman–Crippen LogP) is 2.81. The smallest absolute Gasteiger partial charge is 0.0662 e. The van der Waals surface area contributed by atoms with E-state index in [1.165, 1.54) is 19.3 Å². The molecule has 0 heterocycles. The van der Waals surface area contributed by atoms with Gasteiger partial charge in [-0.05, 0) is 37.0 Å². The van der Waals surface area contributed by atoms with Crippen LogP contribution < -0.4 is 5.32 Å². The van der Waals surface area contributed by atoms with Gasteiger partial charge in [-0.2, -0.15) is 0 Å². The van der Waals surface area contributed by atoms with Crippen molar-refractivity contribution in [3.63, 3.8) is 0 Å². The lowest BCUT2D eigenvalue weighted by molar-refractivity contribution is 0.127. The molecule has 4 unspecified atom stereocenters. The summed E-state index contributed by atoms with van der Waals surface area (Å²) in [6.07, 6.45) is 4.67. The van der Waals surface area contributed by atoms with Crippen LogP contribution in [-0.4, -0.2) is 23.8 Å². The third-order valence-electron chi connectivity index (χ3n) is 4.11.